The maximum Gasteiger partial charge on any atom is 0.224 e. The van der Waals surface area contributed by atoms with Crippen LogP contribution in [0.4, 0.5) is 0 Å². The highest BCUT2D eigenvalue weighted by Crippen LogP contribution is 2.20. The molecule has 0 saturated carbocycles. The summed E-state index contributed by atoms with van der Waals surface area (Å²) in [5.74, 6) is 0.514. The maximum absolute atomic E-state index is 12.5. The van der Waals surface area contributed by atoms with Crippen LogP contribution in [0.2, 0.25) is 0 Å². The number of carbonyl (C=O) groups is 1. The lowest BCUT2D eigenvalue weighted by Crippen LogP contribution is -2.44. The zero-order valence-corrected chi connectivity index (χ0v) is 15.6. The molecular formula is C21H28N4O. The van der Waals surface area contributed by atoms with Crippen molar-refractivity contribution in [1.29, 1.82) is 0 Å². The van der Waals surface area contributed by atoms with Crippen LogP contribution < -0.4 is 5.32 Å². The molecule has 1 fully saturated rings. The number of likely N-dealkylation sites (tertiary alicyclic amines) is 1. The molecule has 1 aromatic heterocycles. The fraction of sp³-hybridized carbons (Fsp3) is 0.429. The number of hydrogen-bond acceptors (Lipinski definition) is 4. The van der Waals surface area contributed by atoms with Crippen molar-refractivity contribution in [3.8, 4) is 0 Å². The molecule has 1 saturated heterocycles. The summed E-state index contributed by atoms with van der Waals surface area (Å²) in [6.07, 6.45) is 3.87. The number of aromatic nitrogens is 1. The molecule has 5 heteroatoms. The summed E-state index contributed by atoms with van der Waals surface area (Å²) in [7, 11) is 4.18. The Morgan fingerprint density at radius 3 is 2.62 bits per heavy atom. The van der Waals surface area contributed by atoms with Crippen LogP contribution in [0.25, 0.3) is 0 Å². The van der Waals surface area contributed by atoms with E-state index in [1.54, 1.807) is 12.4 Å². The zero-order chi connectivity index (χ0) is 18.4. The van der Waals surface area contributed by atoms with E-state index in [-0.39, 0.29) is 11.9 Å². The highest BCUT2D eigenvalue weighted by Gasteiger charge is 2.33. The Morgan fingerprint density at radius 2 is 1.92 bits per heavy atom. The second-order valence-corrected chi connectivity index (χ2v) is 7.41. The minimum atomic E-state index is 0.0771. The van der Waals surface area contributed by atoms with Crippen molar-refractivity contribution in [2.45, 2.75) is 19.0 Å². The van der Waals surface area contributed by atoms with Gasteiger partial charge in [-0.3, -0.25) is 14.7 Å². The van der Waals surface area contributed by atoms with E-state index in [9.17, 15) is 4.79 Å². The van der Waals surface area contributed by atoms with Crippen molar-refractivity contribution in [3.63, 3.8) is 0 Å². The standard InChI is InChI=1S/C21H28N4O/c1-24(2)14-19-15-25(13-17-7-4-3-5-8-17)16-20(19)23-21(26)11-18-9-6-10-22-12-18/h3-10,12,19-20H,11,13-16H2,1-2H3,(H,23,26)/t19-,20-/m1/s1. The SMILES string of the molecule is CN(C)C[C@@H]1CN(Cc2ccccc2)C[C@H]1NC(=O)Cc1cccnc1. The number of pyridine rings is 1. The van der Waals surface area contributed by atoms with Crippen molar-refractivity contribution in [2.24, 2.45) is 5.92 Å². The summed E-state index contributed by atoms with van der Waals surface area (Å²) in [6, 6.07) is 14.5. The minimum Gasteiger partial charge on any atom is -0.351 e. The van der Waals surface area contributed by atoms with Crippen molar-refractivity contribution in [3.05, 3.63) is 66.0 Å². The summed E-state index contributed by atoms with van der Waals surface area (Å²) >= 11 is 0. The number of benzene rings is 1. The monoisotopic (exact) mass is 352 g/mol. The molecule has 5 nitrogen and oxygen atoms in total. The van der Waals surface area contributed by atoms with Gasteiger partial charge in [-0.15, -0.1) is 0 Å². The second kappa shape index (κ2) is 8.92. The molecule has 1 N–H and O–H groups in total. The molecule has 1 aliphatic heterocycles. The summed E-state index contributed by atoms with van der Waals surface area (Å²) in [5.41, 5.74) is 2.27. The Morgan fingerprint density at radius 1 is 1.15 bits per heavy atom. The summed E-state index contributed by atoms with van der Waals surface area (Å²) < 4.78 is 0. The third kappa shape index (κ3) is 5.38. The lowest BCUT2D eigenvalue weighted by Gasteiger charge is -2.23. The van der Waals surface area contributed by atoms with Gasteiger partial charge in [-0.05, 0) is 31.3 Å². The Balaban J connectivity index is 1.60. The molecule has 2 atom stereocenters. The molecule has 3 rings (SSSR count). The first-order valence-electron chi connectivity index (χ1n) is 9.19. The molecule has 0 bridgehead atoms. The third-order valence-electron chi connectivity index (χ3n) is 4.80. The Bertz CT molecular complexity index is 690. The van der Waals surface area contributed by atoms with Gasteiger partial charge in [0.2, 0.25) is 5.91 Å². The van der Waals surface area contributed by atoms with E-state index in [1.807, 2.05) is 18.2 Å². The molecule has 26 heavy (non-hydrogen) atoms. The number of hydrogen-bond donors (Lipinski definition) is 1. The highest BCUT2D eigenvalue weighted by atomic mass is 16.1. The maximum atomic E-state index is 12.5. The molecular weight excluding hydrogens is 324 g/mol. The van der Waals surface area contributed by atoms with Crippen LogP contribution in [0.5, 0.6) is 0 Å². The molecule has 1 aromatic carbocycles. The molecule has 2 aromatic rings. The van der Waals surface area contributed by atoms with Gasteiger partial charge in [0.15, 0.2) is 0 Å². The third-order valence-corrected chi connectivity index (χ3v) is 4.80. The van der Waals surface area contributed by atoms with Gasteiger partial charge in [0.05, 0.1) is 6.42 Å². The zero-order valence-electron chi connectivity index (χ0n) is 15.6. The van der Waals surface area contributed by atoms with E-state index in [2.05, 4.69) is 58.5 Å². The van der Waals surface area contributed by atoms with Crippen LogP contribution in [0.1, 0.15) is 11.1 Å². The van der Waals surface area contributed by atoms with Crippen LogP contribution in [0.3, 0.4) is 0 Å². The Hall–Kier alpha value is -2.24. The van der Waals surface area contributed by atoms with Gasteiger partial charge < -0.3 is 10.2 Å². The smallest absolute Gasteiger partial charge is 0.224 e. The molecule has 0 unspecified atom stereocenters. The largest absolute Gasteiger partial charge is 0.351 e. The fourth-order valence-electron chi connectivity index (χ4n) is 3.69. The fourth-order valence-corrected chi connectivity index (χ4v) is 3.69. The first-order chi connectivity index (χ1) is 12.6. The van der Waals surface area contributed by atoms with Gasteiger partial charge in [0.25, 0.3) is 0 Å². The van der Waals surface area contributed by atoms with Crippen molar-refractivity contribution >= 4 is 5.91 Å². The first kappa shape index (κ1) is 18.5. The van der Waals surface area contributed by atoms with Crippen LogP contribution in [0, 0.1) is 5.92 Å². The van der Waals surface area contributed by atoms with Gasteiger partial charge in [0, 0.05) is 50.5 Å². The van der Waals surface area contributed by atoms with Gasteiger partial charge in [-0.25, -0.2) is 0 Å². The van der Waals surface area contributed by atoms with Crippen molar-refractivity contribution in [1.82, 2.24) is 20.1 Å². The molecule has 0 spiro atoms. The normalized spacial score (nSPS) is 20.4. The Kier molecular flexibility index (Phi) is 6.36. The lowest BCUT2D eigenvalue weighted by molar-refractivity contribution is -0.121. The molecule has 1 aliphatic rings. The van der Waals surface area contributed by atoms with Gasteiger partial charge >= 0.3 is 0 Å². The predicted octanol–water partition coefficient (Wildman–Crippen LogP) is 1.80. The topological polar surface area (TPSA) is 48.5 Å². The number of amides is 1. The van der Waals surface area contributed by atoms with Crippen LogP contribution in [-0.4, -0.2) is 60.5 Å². The van der Waals surface area contributed by atoms with Gasteiger partial charge in [-0.2, -0.15) is 0 Å². The van der Waals surface area contributed by atoms with E-state index in [0.29, 0.717) is 12.3 Å². The Labute approximate surface area is 156 Å². The minimum absolute atomic E-state index is 0.0771. The molecule has 138 valence electrons. The number of rotatable bonds is 7. The van der Waals surface area contributed by atoms with Crippen LogP contribution >= 0.6 is 0 Å². The van der Waals surface area contributed by atoms with E-state index in [1.165, 1.54) is 5.56 Å². The van der Waals surface area contributed by atoms with E-state index in [0.717, 1.165) is 31.7 Å². The van der Waals surface area contributed by atoms with Crippen LogP contribution in [-0.2, 0) is 17.8 Å². The first-order valence-corrected chi connectivity index (χ1v) is 9.19. The quantitative estimate of drug-likeness (QED) is 0.826. The van der Waals surface area contributed by atoms with E-state index >= 15 is 0 Å². The van der Waals surface area contributed by atoms with Gasteiger partial charge in [-0.1, -0.05) is 36.4 Å². The number of nitrogens with one attached hydrogen (secondary N) is 1. The lowest BCUT2D eigenvalue weighted by atomic mass is 10.0. The average molecular weight is 352 g/mol. The predicted molar refractivity (Wildman–Crippen MR) is 104 cm³/mol. The average Bonchev–Trinajstić information content (AvgIpc) is 2.96. The molecule has 2 heterocycles. The number of nitrogens with zero attached hydrogens (tertiary/aromatic N) is 3. The highest BCUT2D eigenvalue weighted by molar-refractivity contribution is 5.78. The molecule has 0 radical (unpaired) electrons. The number of carbonyl (C=O) groups excluding carboxylic acids is 1. The van der Waals surface area contributed by atoms with Crippen molar-refractivity contribution in [2.75, 3.05) is 33.7 Å². The second-order valence-electron chi connectivity index (χ2n) is 7.41. The van der Waals surface area contributed by atoms with E-state index < -0.39 is 0 Å². The summed E-state index contributed by atoms with van der Waals surface area (Å²) in [6.45, 7) is 3.81. The summed E-state index contributed by atoms with van der Waals surface area (Å²) in [5, 5.41) is 3.26. The van der Waals surface area contributed by atoms with Crippen molar-refractivity contribution < 1.29 is 4.79 Å². The molecule has 0 aliphatic carbocycles. The van der Waals surface area contributed by atoms with E-state index in [4.69, 9.17) is 0 Å². The van der Waals surface area contributed by atoms with Crippen LogP contribution in [0.15, 0.2) is 54.9 Å². The molecule has 1 amide bonds. The van der Waals surface area contributed by atoms with Gasteiger partial charge in [0.1, 0.15) is 0 Å². The summed E-state index contributed by atoms with van der Waals surface area (Å²) in [4.78, 5) is 21.2.